The number of nitrogens with zero attached hydrogens (tertiary/aromatic N) is 4. The predicted octanol–water partition coefficient (Wildman–Crippen LogP) is 5.13. The van der Waals surface area contributed by atoms with Crippen molar-refractivity contribution in [2.45, 2.75) is 56.9 Å². The quantitative estimate of drug-likeness (QED) is 0.273. The Balaban J connectivity index is 0.982. The Morgan fingerprint density at radius 2 is 1.86 bits per heavy atom. The number of hydrogen-bond donors (Lipinski definition) is 1. The van der Waals surface area contributed by atoms with Crippen molar-refractivity contribution in [1.82, 2.24) is 19.4 Å². The second kappa shape index (κ2) is 12.0. The van der Waals surface area contributed by atoms with Crippen LogP contribution in [0.15, 0.2) is 54.6 Å². The summed E-state index contributed by atoms with van der Waals surface area (Å²) in [5.74, 6) is 0.821. The first-order chi connectivity index (χ1) is 21.0. The summed E-state index contributed by atoms with van der Waals surface area (Å²) in [6.45, 7) is 5.34. The monoisotopic (exact) mass is 586 g/mol. The normalized spacial score (nSPS) is 19.7. The van der Waals surface area contributed by atoms with Crippen LogP contribution in [0.4, 0.5) is 4.39 Å². The minimum absolute atomic E-state index is 0.128. The van der Waals surface area contributed by atoms with Crippen LogP contribution in [0, 0.1) is 5.82 Å². The minimum atomic E-state index is -0.942. The molecule has 3 aliphatic heterocycles. The summed E-state index contributed by atoms with van der Waals surface area (Å²) in [6, 6.07) is 16.3. The molecule has 10 heteroatoms. The van der Waals surface area contributed by atoms with Crippen molar-refractivity contribution in [3.05, 3.63) is 88.6 Å². The molecule has 0 radical (unpaired) electrons. The molecule has 5 heterocycles. The highest BCUT2D eigenvalue weighted by molar-refractivity contribution is 5.92. The maximum Gasteiger partial charge on any atom is 0.335 e. The van der Waals surface area contributed by atoms with E-state index in [1.54, 1.807) is 30.3 Å². The van der Waals surface area contributed by atoms with Gasteiger partial charge < -0.3 is 23.9 Å². The number of halogens is 1. The van der Waals surface area contributed by atoms with E-state index >= 15 is 0 Å². The molecule has 9 nitrogen and oxygen atoms in total. The first-order valence-electron chi connectivity index (χ1n) is 15.0. The topological polar surface area (TPSA) is 98.9 Å². The van der Waals surface area contributed by atoms with E-state index in [0.717, 1.165) is 67.1 Å². The molecular weight excluding hydrogens is 551 g/mol. The number of pyridine rings is 1. The maximum absolute atomic E-state index is 14.7. The van der Waals surface area contributed by atoms with Gasteiger partial charge in [-0.05, 0) is 68.2 Å². The molecule has 2 aromatic heterocycles. The van der Waals surface area contributed by atoms with Crippen LogP contribution in [0.1, 0.15) is 64.1 Å². The summed E-state index contributed by atoms with van der Waals surface area (Å²) in [7, 11) is 0. The number of carboxylic acids is 1. The van der Waals surface area contributed by atoms with Gasteiger partial charge in [0, 0.05) is 35.8 Å². The van der Waals surface area contributed by atoms with Crippen LogP contribution in [0.2, 0.25) is 0 Å². The number of piperidine rings is 1. The van der Waals surface area contributed by atoms with E-state index in [1.165, 1.54) is 0 Å². The molecule has 1 unspecified atom stereocenters. The van der Waals surface area contributed by atoms with E-state index in [4.69, 9.17) is 24.2 Å². The Morgan fingerprint density at radius 1 is 1.02 bits per heavy atom. The highest BCUT2D eigenvalue weighted by Crippen LogP contribution is 2.30. The zero-order chi connectivity index (χ0) is 29.3. The third kappa shape index (κ3) is 6.00. The van der Waals surface area contributed by atoms with Gasteiger partial charge in [-0.1, -0.05) is 18.2 Å². The molecule has 0 saturated carbocycles. The van der Waals surface area contributed by atoms with Crippen molar-refractivity contribution >= 4 is 17.0 Å². The Bertz CT molecular complexity index is 1630. The molecule has 4 aromatic rings. The van der Waals surface area contributed by atoms with E-state index in [2.05, 4.69) is 9.47 Å². The Morgan fingerprint density at radius 3 is 2.56 bits per heavy atom. The van der Waals surface area contributed by atoms with E-state index < -0.39 is 5.97 Å². The summed E-state index contributed by atoms with van der Waals surface area (Å²) in [5, 5.41) is 9.51. The maximum atomic E-state index is 14.7. The highest BCUT2D eigenvalue weighted by Gasteiger charge is 2.26. The average Bonchev–Trinajstić information content (AvgIpc) is 3.30. The number of aromatic nitrogens is 3. The molecule has 0 amide bonds. The first kappa shape index (κ1) is 27.9. The number of imidazole rings is 1. The smallest absolute Gasteiger partial charge is 0.335 e. The van der Waals surface area contributed by atoms with Gasteiger partial charge in [-0.2, -0.15) is 0 Å². The molecule has 3 aliphatic rings. The lowest BCUT2D eigenvalue weighted by Crippen LogP contribution is -2.35. The third-order valence-corrected chi connectivity index (χ3v) is 8.93. The summed E-state index contributed by atoms with van der Waals surface area (Å²) in [6.07, 6.45) is 3.03. The fourth-order valence-electron chi connectivity index (χ4n) is 6.10. The lowest BCUT2D eigenvalue weighted by atomic mass is 9.93. The number of ether oxygens (including phenoxy) is 3. The zero-order valence-corrected chi connectivity index (χ0v) is 24.0. The van der Waals surface area contributed by atoms with Crippen LogP contribution in [0.25, 0.3) is 11.0 Å². The third-order valence-electron chi connectivity index (χ3n) is 8.93. The van der Waals surface area contributed by atoms with Crippen LogP contribution in [0.5, 0.6) is 5.88 Å². The number of benzene rings is 2. The van der Waals surface area contributed by atoms with Gasteiger partial charge in [0.2, 0.25) is 5.88 Å². The predicted molar refractivity (Wildman–Crippen MR) is 157 cm³/mol. The van der Waals surface area contributed by atoms with Crippen LogP contribution in [-0.4, -0.2) is 69.5 Å². The fraction of sp³-hybridized carbons (Fsp3) is 0.424. The summed E-state index contributed by atoms with van der Waals surface area (Å²) in [4.78, 5) is 23.7. The molecule has 224 valence electrons. The molecule has 2 aromatic carbocycles. The summed E-state index contributed by atoms with van der Waals surface area (Å²) >= 11 is 0. The second-order valence-electron chi connectivity index (χ2n) is 11.8. The first-order valence-corrected chi connectivity index (χ1v) is 15.0. The van der Waals surface area contributed by atoms with Crippen molar-refractivity contribution in [3.63, 3.8) is 0 Å². The van der Waals surface area contributed by atoms with Gasteiger partial charge in [0.25, 0.3) is 0 Å². The SMILES string of the molecule is O=C(O)c1ccc2nc(CN3CCC(c4cccc(OCc5ccc(C6COC6)cc5F)n4)CC3)n(CC3CCO3)c2c1. The molecule has 0 aliphatic carbocycles. The molecule has 0 spiro atoms. The van der Waals surface area contributed by atoms with E-state index in [1.807, 2.05) is 24.3 Å². The van der Waals surface area contributed by atoms with E-state index in [-0.39, 0.29) is 30.0 Å². The Hall–Kier alpha value is -3.86. The number of rotatable bonds is 10. The Kier molecular flexibility index (Phi) is 7.81. The van der Waals surface area contributed by atoms with Gasteiger partial charge in [0.15, 0.2) is 0 Å². The Labute approximate surface area is 249 Å². The standard InChI is InChI=1S/C33H35FN4O5/c34-27-14-22(25-18-41-19-25)4-5-24(27)20-43-32-3-1-2-28(36-32)21-8-11-37(12-9-21)17-31-35-29-7-6-23(33(39)40)15-30(29)38(31)16-26-10-13-42-26/h1-7,14-15,21,25-26H,8-13,16-20H2,(H,39,40). The van der Waals surface area contributed by atoms with Gasteiger partial charge in [0.1, 0.15) is 18.2 Å². The van der Waals surface area contributed by atoms with Crippen LogP contribution in [0.3, 0.4) is 0 Å². The van der Waals surface area contributed by atoms with Crippen molar-refractivity contribution in [3.8, 4) is 5.88 Å². The van der Waals surface area contributed by atoms with Crippen molar-refractivity contribution in [2.24, 2.45) is 0 Å². The second-order valence-corrected chi connectivity index (χ2v) is 11.8. The molecule has 3 fully saturated rings. The van der Waals surface area contributed by atoms with Crippen LogP contribution < -0.4 is 4.74 Å². The minimum Gasteiger partial charge on any atom is -0.478 e. The van der Waals surface area contributed by atoms with Gasteiger partial charge in [-0.3, -0.25) is 4.90 Å². The molecule has 43 heavy (non-hydrogen) atoms. The number of carbonyl (C=O) groups is 1. The van der Waals surface area contributed by atoms with E-state index in [0.29, 0.717) is 43.7 Å². The summed E-state index contributed by atoms with van der Waals surface area (Å²) < 4.78 is 33.6. The van der Waals surface area contributed by atoms with Crippen LogP contribution >= 0.6 is 0 Å². The van der Waals surface area contributed by atoms with Crippen LogP contribution in [-0.2, 0) is 29.2 Å². The zero-order valence-electron chi connectivity index (χ0n) is 24.0. The number of carboxylic acid groups (broad SMARTS) is 1. The average molecular weight is 587 g/mol. The van der Waals surface area contributed by atoms with Crippen molar-refractivity contribution < 1.29 is 28.5 Å². The van der Waals surface area contributed by atoms with Gasteiger partial charge >= 0.3 is 5.97 Å². The number of aromatic carboxylic acids is 1. The van der Waals surface area contributed by atoms with Gasteiger partial charge in [0.05, 0.1) is 49.0 Å². The lowest BCUT2D eigenvalue weighted by molar-refractivity contribution is -0.0592. The number of likely N-dealkylation sites (tertiary alicyclic amines) is 1. The van der Waals surface area contributed by atoms with Crippen molar-refractivity contribution in [1.29, 1.82) is 0 Å². The molecule has 7 rings (SSSR count). The lowest BCUT2D eigenvalue weighted by Gasteiger charge is -2.32. The van der Waals surface area contributed by atoms with Gasteiger partial charge in [-0.15, -0.1) is 0 Å². The molecule has 3 saturated heterocycles. The molecule has 1 atom stereocenters. The van der Waals surface area contributed by atoms with Crippen molar-refractivity contribution in [2.75, 3.05) is 32.9 Å². The highest BCUT2D eigenvalue weighted by atomic mass is 19.1. The molecular formula is C33H35FN4O5. The number of fused-ring (bicyclic) bond motifs is 1. The fourth-order valence-corrected chi connectivity index (χ4v) is 6.10. The number of hydrogen-bond acceptors (Lipinski definition) is 7. The molecule has 0 bridgehead atoms. The summed E-state index contributed by atoms with van der Waals surface area (Å²) in [5.41, 5.74) is 4.38. The largest absolute Gasteiger partial charge is 0.478 e. The van der Waals surface area contributed by atoms with Gasteiger partial charge in [-0.25, -0.2) is 19.2 Å². The molecule has 1 N–H and O–H groups in total. The van der Waals surface area contributed by atoms with E-state index in [9.17, 15) is 14.3 Å².